The van der Waals surface area contributed by atoms with Crippen molar-refractivity contribution in [2.45, 2.75) is 37.1 Å². The highest BCUT2D eigenvalue weighted by atomic mass is 16.5. The molecule has 2 aliphatic carbocycles. The van der Waals surface area contributed by atoms with Crippen molar-refractivity contribution in [3.8, 4) is 5.75 Å². The summed E-state index contributed by atoms with van der Waals surface area (Å²) in [6.45, 7) is 0. The second-order valence-electron chi connectivity index (χ2n) is 4.79. The Balaban J connectivity index is 2.15. The summed E-state index contributed by atoms with van der Waals surface area (Å²) in [7, 11) is 1.75. The number of fused-ring (bicyclic) bond motifs is 2. The van der Waals surface area contributed by atoms with E-state index in [0.29, 0.717) is 11.5 Å². The van der Waals surface area contributed by atoms with Crippen LogP contribution in [-0.4, -0.2) is 13.2 Å². The fourth-order valence-electron chi connectivity index (χ4n) is 3.03. The van der Waals surface area contributed by atoms with Gasteiger partial charge in [-0.2, -0.15) is 0 Å². The van der Waals surface area contributed by atoms with Gasteiger partial charge in [0, 0.05) is 11.5 Å². The van der Waals surface area contributed by atoms with Crippen molar-refractivity contribution in [3.05, 3.63) is 29.3 Å². The molecule has 1 spiro atoms. The minimum atomic E-state index is 0.308. The monoisotopic (exact) mass is 203 g/mol. The average molecular weight is 203 g/mol. The molecule has 0 aromatic heterocycles. The van der Waals surface area contributed by atoms with Crippen molar-refractivity contribution in [1.82, 2.24) is 0 Å². The van der Waals surface area contributed by atoms with E-state index in [-0.39, 0.29) is 0 Å². The van der Waals surface area contributed by atoms with Gasteiger partial charge in [-0.05, 0) is 42.9 Å². The normalized spacial score (nSPS) is 26.1. The molecular weight excluding hydrogens is 186 g/mol. The minimum Gasteiger partial charge on any atom is -0.496 e. The molecule has 80 valence electrons. The maximum absolute atomic E-state index is 6.24. The highest BCUT2D eigenvalue weighted by molar-refractivity contribution is 5.50. The molecule has 1 saturated carbocycles. The molecule has 0 saturated heterocycles. The predicted molar refractivity (Wildman–Crippen MR) is 60.2 cm³/mol. The Kier molecular flexibility index (Phi) is 1.84. The third-order valence-electron chi connectivity index (χ3n) is 4.09. The van der Waals surface area contributed by atoms with Crippen molar-refractivity contribution in [3.63, 3.8) is 0 Å². The van der Waals surface area contributed by atoms with Gasteiger partial charge in [-0.15, -0.1) is 0 Å². The fourth-order valence-corrected chi connectivity index (χ4v) is 3.03. The van der Waals surface area contributed by atoms with Gasteiger partial charge in [0.2, 0.25) is 0 Å². The molecule has 3 rings (SSSR count). The standard InChI is InChI=1S/C13H17NO/c1-15-11-4-2-3-10-9(11)5-6-12(14)13(10)7-8-13/h2-4,12H,5-8,14H2,1H3. The SMILES string of the molecule is COc1cccc2c1CCC(N)C21CC1. The lowest BCUT2D eigenvalue weighted by Crippen LogP contribution is -2.39. The fraction of sp³-hybridized carbons (Fsp3) is 0.538. The van der Waals surface area contributed by atoms with Crippen LogP contribution >= 0.6 is 0 Å². The van der Waals surface area contributed by atoms with Crippen molar-refractivity contribution < 1.29 is 4.74 Å². The van der Waals surface area contributed by atoms with Crippen LogP contribution in [0.15, 0.2) is 18.2 Å². The molecule has 1 aromatic rings. The van der Waals surface area contributed by atoms with Gasteiger partial charge in [0.15, 0.2) is 0 Å². The first-order chi connectivity index (χ1) is 7.28. The molecule has 0 bridgehead atoms. The molecule has 1 aromatic carbocycles. The van der Waals surface area contributed by atoms with Crippen LogP contribution in [0.1, 0.15) is 30.4 Å². The molecule has 15 heavy (non-hydrogen) atoms. The summed E-state index contributed by atoms with van der Waals surface area (Å²) in [6.07, 6.45) is 4.69. The Morgan fingerprint density at radius 2 is 2.20 bits per heavy atom. The van der Waals surface area contributed by atoms with Gasteiger partial charge >= 0.3 is 0 Å². The Morgan fingerprint density at radius 1 is 1.40 bits per heavy atom. The molecule has 2 N–H and O–H groups in total. The molecule has 1 fully saturated rings. The summed E-state index contributed by atoms with van der Waals surface area (Å²) in [4.78, 5) is 0. The Hall–Kier alpha value is -1.02. The zero-order chi connectivity index (χ0) is 10.5. The van der Waals surface area contributed by atoms with Crippen LogP contribution in [0.5, 0.6) is 5.75 Å². The van der Waals surface area contributed by atoms with E-state index in [1.165, 1.54) is 24.0 Å². The number of hydrogen-bond donors (Lipinski definition) is 1. The molecule has 1 atom stereocenters. The van der Waals surface area contributed by atoms with Crippen LogP contribution in [0.3, 0.4) is 0 Å². The number of rotatable bonds is 1. The molecule has 0 radical (unpaired) electrons. The largest absolute Gasteiger partial charge is 0.496 e. The van der Waals surface area contributed by atoms with Gasteiger partial charge in [-0.1, -0.05) is 12.1 Å². The van der Waals surface area contributed by atoms with Crippen LogP contribution in [0.2, 0.25) is 0 Å². The van der Waals surface area contributed by atoms with Gasteiger partial charge in [0.25, 0.3) is 0 Å². The number of hydrogen-bond acceptors (Lipinski definition) is 2. The van der Waals surface area contributed by atoms with E-state index >= 15 is 0 Å². The van der Waals surface area contributed by atoms with Gasteiger partial charge in [-0.25, -0.2) is 0 Å². The van der Waals surface area contributed by atoms with Crippen molar-refractivity contribution in [1.29, 1.82) is 0 Å². The second-order valence-corrected chi connectivity index (χ2v) is 4.79. The Bertz CT molecular complexity index is 396. The molecule has 2 heteroatoms. The smallest absolute Gasteiger partial charge is 0.122 e. The maximum Gasteiger partial charge on any atom is 0.122 e. The first-order valence-corrected chi connectivity index (χ1v) is 5.70. The molecule has 0 aliphatic heterocycles. The van der Waals surface area contributed by atoms with Crippen molar-refractivity contribution in [2.24, 2.45) is 5.73 Å². The average Bonchev–Trinajstić information content (AvgIpc) is 3.05. The van der Waals surface area contributed by atoms with Crippen molar-refractivity contribution in [2.75, 3.05) is 7.11 Å². The lowest BCUT2D eigenvalue weighted by Gasteiger charge is -2.32. The van der Waals surface area contributed by atoms with E-state index in [1.807, 2.05) is 0 Å². The highest BCUT2D eigenvalue weighted by Gasteiger charge is 2.52. The molecule has 2 nitrogen and oxygen atoms in total. The second kappa shape index (κ2) is 2.99. The Labute approximate surface area is 90.4 Å². The minimum absolute atomic E-state index is 0.308. The lowest BCUT2D eigenvalue weighted by molar-refractivity contribution is 0.392. The summed E-state index contributed by atoms with van der Waals surface area (Å²) in [6, 6.07) is 6.75. The third-order valence-corrected chi connectivity index (χ3v) is 4.09. The van der Waals surface area contributed by atoms with Crippen LogP contribution in [0.4, 0.5) is 0 Å². The lowest BCUT2D eigenvalue weighted by atomic mass is 9.76. The maximum atomic E-state index is 6.24. The van der Waals surface area contributed by atoms with Crippen LogP contribution in [-0.2, 0) is 11.8 Å². The van der Waals surface area contributed by atoms with Gasteiger partial charge in [0.1, 0.15) is 5.75 Å². The first-order valence-electron chi connectivity index (χ1n) is 5.70. The number of nitrogens with two attached hydrogens (primary N) is 1. The van der Waals surface area contributed by atoms with Gasteiger partial charge in [-0.3, -0.25) is 0 Å². The van der Waals surface area contributed by atoms with E-state index in [1.54, 1.807) is 7.11 Å². The quantitative estimate of drug-likeness (QED) is 0.757. The number of methoxy groups -OCH3 is 1. The topological polar surface area (TPSA) is 35.2 Å². The highest BCUT2D eigenvalue weighted by Crippen LogP contribution is 2.55. The van der Waals surface area contributed by atoms with E-state index < -0.39 is 0 Å². The zero-order valence-electron chi connectivity index (χ0n) is 9.12. The van der Waals surface area contributed by atoms with Crippen molar-refractivity contribution >= 4 is 0 Å². The summed E-state index contributed by atoms with van der Waals surface area (Å²) < 4.78 is 5.43. The van der Waals surface area contributed by atoms with E-state index in [9.17, 15) is 0 Å². The Morgan fingerprint density at radius 3 is 2.87 bits per heavy atom. The van der Waals surface area contributed by atoms with Crippen LogP contribution < -0.4 is 10.5 Å². The van der Waals surface area contributed by atoms with Gasteiger partial charge in [0.05, 0.1) is 7.11 Å². The predicted octanol–water partition coefficient (Wildman–Crippen LogP) is 2.00. The molecular formula is C13H17NO. The molecule has 0 amide bonds. The van der Waals surface area contributed by atoms with E-state index in [2.05, 4.69) is 18.2 Å². The van der Waals surface area contributed by atoms with Gasteiger partial charge < -0.3 is 10.5 Å². The van der Waals surface area contributed by atoms with E-state index in [4.69, 9.17) is 10.5 Å². The third kappa shape index (κ3) is 1.14. The van der Waals surface area contributed by atoms with E-state index in [0.717, 1.165) is 18.6 Å². The number of ether oxygens (including phenoxy) is 1. The summed E-state index contributed by atoms with van der Waals surface area (Å²) in [5, 5.41) is 0. The number of benzene rings is 1. The van der Waals surface area contributed by atoms with Crippen LogP contribution in [0.25, 0.3) is 0 Å². The van der Waals surface area contributed by atoms with Crippen LogP contribution in [0, 0.1) is 0 Å². The molecule has 0 heterocycles. The molecule has 2 aliphatic rings. The zero-order valence-corrected chi connectivity index (χ0v) is 9.12. The summed E-state index contributed by atoms with van der Waals surface area (Å²) >= 11 is 0. The summed E-state index contributed by atoms with van der Waals surface area (Å²) in [5.41, 5.74) is 9.41. The molecule has 1 unspecified atom stereocenters. The first kappa shape index (κ1) is 9.22. The summed E-state index contributed by atoms with van der Waals surface area (Å²) in [5.74, 6) is 1.05.